The van der Waals surface area contributed by atoms with E-state index in [1.807, 2.05) is 6.07 Å². The number of ether oxygens (including phenoxy) is 4. The minimum absolute atomic E-state index is 0.214. The minimum Gasteiger partial charge on any atom is -0.493 e. The average molecular weight is 358 g/mol. The van der Waals surface area contributed by atoms with Gasteiger partial charge in [-0.05, 0) is 47.7 Å². The molecule has 6 heteroatoms. The molecule has 0 radical (unpaired) electrons. The van der Waals surface area contributed by atoms with Crippen molar-refractivity contribution in [1.82, 2.24) is 0 Å². The van der Waals surface area contributed by atoms with Gasteiger partial charge in [0.1, 0.15) is 0 Å². The maximum atomic E-state index is 12.4. The van der Waals surface area contributed by atoms with Crippen molar-refractivity contribution in [3.8, 4) is 34.1 Å². The van der Waals surface area contributed by atoms with E-state index in [2.05, 4.69) is 0 Å². The second-order valence-corrected chi connectivity index (χ2v) is 6.01. The van der Waals surface area contributed by atoms with Gasteiger partial charge in [0.05, 0.1) is 34.5 Å². The van der Waals surface area contributed by atoms with Crippen LogP contribution in [-0.4, -0.2) is 33.5 Å². The number of aliphatic hydroxyl groups excluding tert-OH is 1. The third-order valence-electron chi connectivity index (χ3n) is 4.69. The molecule has 0 saturated heterocycles. The zero-order valence-corrected chi connectivity index (χ0v) is 15.3. The van der Waals surface area contributed by atoms with E-state index in [0.29, 0.717) is 41.2 Å². The van der Waals surface area contributed by atoms with Crippen LogP contribution < -0.4 is 24.4 Å². The van der Waals surface area contributed by atoms with E-state index >= 15 is 0 Å². The van der Waals surface area contributed by atoms with Crippen LogP contribution in [0.5, 0.6) is 23.0 Å². The van der Waals surface area contributed by atoms with Crippen LogP contribution in [0.3, 0.4) is 0 Å². The minimum atomic E-state index is -0.774. The van der Waals surface area contributed by atoms with Gasteiger partial charge in [-0.15, -0.1) is 0 Å². The molecule has 138 valence electrons. The SMILES string of the molecule is COc1cc2c(c(OC)c1OC)-c1ccc(OC)c(=O)cc1[C@@H](O)CC2. The van der Waals surface area contributed by atoms with E-state index in [-0.39, 0.29) is 11.2 Å². The summed E-state index contributed by atoms with van der Waals surface area (Å²) in [5, 5.41) is 10.6. The largest absolute Gasteiger partial charge is 0.493 e. The van der Waals surface area contributed by atoms with E-state index in [1.54, 1.807) is 33.5 Å². The van der Waals surface area contributed by atoms with Gasteiger partial charge in [-0.3, -0.25) is 4.79 Å². The Balaban J connectivity index is 2.43. The molecule has 1 atom stereocenters. The Morgan fingerprint density at radius 2 is 1.62 bits per heavy atom. The van der Waals surface area contributed by atoms with Crippen LogP contribution in [0.4, 0.5) is 0 Å². The van der Waals surface area contributed by atoms with Gasteiger partial charge < -0.3 is 24.1 Å². The van der Waals surface area contributed by atoms with Crippen molar-refractivity contribution in [3.05, 3.63) is 45.6 Å². The van der Waals surface area contributed by atoms with Crippen LogP contribution in [0, 0.1) is 0 Å². The summed E-state index contributed by atoms with van der Waals surface area (Å²) in [5.74, 6) is 1.75. The lowest BCUT2D eigenvalue weighted by Crippen LogP contribution is -2.04. The van der Waals surface area contributed by atoms with Gasteiger partial charge in [0, 0.05) is 5.56 Å². The first-order valence-corrected chi connectivity index (χ1v) is 8.28. The van der Waals surface area contributed by atoms with Crippen molar-refractivity contribution in [2.45, 2.75) is 18.9 Å². The van der Waals surface area contributed by atoms with Crippen LogP contribution in [0.2, 0.25) is 0 Å². The Bertz CT molecular complexity index is 890. The molecule has 0 amide bonds. The number of aryl methyl sites for hydroxylation is 1. The van der Waals surface area contributed by atoms with E-state index in [4.69, 9.17) is 18.9 Å². The summed E-state index contributed by atoms with van der Waals surface area (Å²) in [5.41, 5.74) is 2.71. The molecule has 0 saturated carbocycles. The highest BCUT2D eigenvalue weighted by atomic mass is 16.5. The van der Waals surface area contributed by atoms with E-state index in [0.717, 1.165) is 11.1 Å². The van der Waals surface area contributed by atoms with Crippen LogP contribution >= 0.6 is 0 Å². The lowest BCUT2D eigenvalue weighted by Gasteiger charge is -2.19. The van der Waals surface area contributed by atoms with Crippen molar-refractivity contribution >= 4 is 0 Å². The molecule has 0 unspecified atom stereocenters. The third-order valence-corrected chi connectivity index (χ3v) is 4.69. The predicted octanol–water partition coefficient (Wildman–Crippen LogP) is 2.73. The summed E-state index contributed by atoms with van der Waals surface area (Å²) in [7, 11) is 6.11. The van der Waals surface area contributed by atoms with Crippen molar-refractivity contribution in [2.24, 2.45) is 0 Å². The van der Waals surface area contributed by atoms with Gasteiger partial charge in [0.25, 0.3) is 0 Å². The molecule has 0 fully saturated rings. The molecular weight excluding hydrogens is 336 g/mol. The topological polar surface area (TPSA) is 74.2 Å². The molecule has 0 heterocycles. The summed E-state index contributed by atoms with van der Waals surface area (Å²) >= 11 is 0. The highest BCUT2D eigenvalue weighted by Crippen LogP contribution is 2.50. The molecule has 0 spiro atoms. The number of methoxy groups -OCH3 is 4. The molecule has 1 N–H and O–H groups in total. The molecule has 6 nitrogen and oxygen atoms in total. The summed E-state index contributed by atoms with van der Waals surface area (Å²) < 4.78 is 21.7. The van der Waals surface area contributed by atoms with E-state index in [1.165, 1.54) is 13.2 Å². The lowest BCUT2D eigenvalue weighted by molar-refractivity contribution is 0.169. The fourth-order valence-electron chi connectivity index (χ4n) is 3.45. The van der Waals surface area contributed by atoms with Crippen molar-refractivity contribution < 1.29 is 24.1 Å². The van der Waals surface area contributed by atoms with Gasteiger partial charge in [0.15, 0.2) is 17.2 Å². The summed E-state index contributed by atoms with van der Waals surface area (Å²) in [6, 6.07) is 6.71. The second kappa shape index (κ2) is 7.25. The molecule has 0 bridgehead atoms. The number of aliphatic hydroxyl groups is 1. The van der Waals surface area contributed by atoms with E-state index < -0.39 is 6.10 Å². The Kier molecular flexibility index (Phi) is 5.04. The quantitative estimate of drug-likeness (QED) is 0.906. The molecule has 2 aromatic carbocycles. The molecular formula is C20H22O6. The number of hydrogen-bond donors (Lipinski definition) is 1. The van der Waals surface area contributed by atoms with Gasteiger partial charge in [-0.25, -0.2) is 0 Å². The molecule has 0 aromatic heterocycles. The number of fused-ring (bicyclic) bond motifs is 3. The smallest absolute Gasteiger partial charge is 0.220 e. The maximum Gasteiger partial charge on any atom is 0.220 e. The van der Waals surface area contributed by atoms with E-state index in [9.17, 15) is 9.90 Å². The molecule has 2 aromatic rings. The normalized spacial score (nSPS) is 15.3. The molecule has 1 aliphatic rings. The number of hydrogen-bond acceptors (Lipinski definition) is 6. The van der Waals surface area contributed by atoms with Crippen LogP contribution in [0.1, 0.15) is 23.7 Å². The zero-order chi connectivity index (χ0) is 18.8. The fourth-order valence-corrected chi connectivity index (χ4v) is 3.45. The first-order chi connectivity index (χ1) is 12.5. The zero-order valence-electron chi connectivity index (χ0n) is 15.3. The summed E-state index contributed by atoms with van der Waals surface area (Å²) in [6.45, 7) is 0. The first kappa shape index (κ1) is 18.1. The highest BCUT2D eigenvalue weighted by molar-refractivity contribution is 5.82. The highest BCUT2D eigenvalue weighted by Gasteiger charge is 2.28. The maximum absolute atomic E-state index is 12.4. The Morgan fingerprint density at radius 1 is 0.923 bits per heavy atom. The van der Waals surface area contributed by atoms with Crippen molar-refractivity contribution in [3.63, 3.8) is 0 Å². The molecule has 26 heavy (non-hydrogen) atoms. The number of benzene rings is 1. The van der Waals surface area contributed by atoms with Crippen LogP contribution in [-0.2, 0) is 6.42 Å². The van der Waals surface area contributed by atoms with Gasteiger partial charge in [0.2, 0.25) is 11.2 Å². The second-order valence-electron chi connectivity index (χ2n) is 6.01. The molecule has 1 aliphatic carbocycles. The lowest BCUT2D eigenvalue weighted by atomic mass is 9.96. The Morgan fingerprint density at radius 3 is 2.23 bits per heavy atom. The Labute approximate surface area is 151 Å². The average Bonchev–Trinajstić information content (AvgIpc) is 2.89. The fraction of sp³-hybridized carbons (Fsp3) is 0.350. The summed E-state index contributed by atoms with van der Waals surface area (Å²) in [6.07, 6.45) is 0.310. The summed E-state index contributed by atoms with van der Waals surface area (Å²) in [4.78, 5) is 12.4. The standard InChI is InChI=1S/C20H22O6/c1-23-16-8-6-12-13(10-15(16)22)14(21)7-5-11-9-17(24-2)19(25-3)20(26-4)18(11)12/h6,8-10,14,21H,5,7H2,1-4H3/t14-/m0/s1. The van der Waals surface area contributed by atoms with Crippen molar-refractivity contribution in [2.75, 3.05) is 28.4 Å². The van der Waals surface area contributed by atoms with Crippen LogP contribution in [0.25, 0.3) is 11.1 Å². The predicted molar refractivity (Wildman–Crippen MR) is 97.6 cm³/mol. The number of rotatable bonds is 4. The van der Waals surface area contributed by atoms with Gasteiger partial charge in [-0.1, -0.05) is 6.07 Å². The molecule has 3 rings (SSSR count). The first-order valence-electron chi connectivity index (χ1n) is 8.28. The van der Waals surface area contributed by atoms with Gasteiger partial charge >= 0.3 is 0 Å². The third kappa shape index (κ3) is 2.86. The van der Waals surface area contributed by atoms with Crippen molar-refractivity contribution in [1.29, 1.82) is 0 Å². The Hall–Kier alpha value is -2.73. The molecule has 0 aliphatic heterocycles. The monoisotopic (exact) mass is 358 g/mol. The van der Waals surface area contributed by atoms with Crippen LogP contribution in [0.15, 0.2) is 29.1 Å². The van der Waals surface area contributed by atoms with Gasteiger partial charge in [-0.2, -0.15) is 0 Å².